The number of hydrogen-bond donors (Lipinski definition) is 0. The second kappa shape index (κ2) is 12.5. The lowest BCUT2D eigenvalue weighted by Crippen LogP contribution is -2.01. The molecular weight excluding hydrogens is 721 g/mol. The van der Waals surface area contributed by atoms with Gasteiger partial charge in [-0.3, -0.25) is 4.98 Å². The molecule has 0 radical (unpaired) electrons. The summed E-state index contributed by atoms with van der Waals surface area (Å²) < 4.78 is 15.6. The monoisotopic (exact) mass is 748 g/mol. The van der Waals surface area contributed by atoms with Gasteiger partial charge in [0.1, 0.15) is 22.3 Å². The minimum Gasteiger partial charge on any atom is -0.456 e. The highest BCUT2D eigenvalue weighted by Crippen LogP contribution is 2.46. The van der Waals surface area contributed by atoms with Crippen LogP contribution in [-0.2, 0) is 0 Å². The topological polar surface area (TPSA) is 77.8 Å². The third-order valence-corrected chi connectivity index (χ3v) is 12.1. The number of benzene rings is 7. The van der Waals surface area contributed by atoms with Gasteiger partial charge in [0.05, 0.1) is 0 Å². The summed E-state index contributed by atoms with van der Waals surface area (Å²) >= 11 is 1.81. The summed E-state index contributed by atoms with van der Waals surface area (Å²) in [5, 5.41) is 6.56. The molecule has 57 heavy (non-hydrogen) atoms. The molecule has 0 aliphatic rings. The summed E-state index contributed by atoms with van der Waals surface area (Å²) in [4.78, 5) is 20.2. The van der Waals surface area contributed by atoms with Crippen molar-refractivity contribution in [3.05, 3.63) is 170 Å². The maximum atomic E-state index is 6.82. The van der Waals surface area contributed by atoms with Gasteiger partial charge < -0.3 is 8.83 Å². The van der Waals surface area contributed by atoms with E-state index in [0.717, 1.165) is 82.8 Å². The maximum Gasteiger partial charge on any atom is 0.164 e. The van der Waals surface area contributed by atoms with Crippen LogP contribution < -0.4 is 0 Å². The molecule has 0 fully saturated rings. The number of hydrogen-bond acceptors (Lipinski definition) is 7. The van der Waals surface area contributed by atoms with Crippen molar-refractivity contribution < 1.29 is 8.83 Å². The fourth-order valence-corrected chi connectivity index (χ4v) is 9.48. The van der Waals surface area contributed by atoms with Crippen LogP contribution in [0, 0.1) is 0 Å². The van der Waals surface area contributed by atoms with Gasteiger partial charge in [-0.05, 0) is 54.1 Å². The molecule has 0 N–H and O–H groups in total. The Bertz CT molecular complexity index is 3550. The third kappa shape index (κ3) is 5.03. The van der Waals surface area contributed by atoms with E-state index in [0.29, 0.717) is 17.5 Å². The van der Waals surface area contributed by atoms with E-state index >= 15 is 0 Å². The Labute approximate surface area is 329 Å². The van der Waals surface area contributed by atoms with Gasteiger partial charge in [0.2, 0.25) is 0 Å². The van der Waals surface area contributed by atoms with E-state index in [4.69, 9.17) is 23.8 Å². The van der Waals surface area contributed by atoms with E-state index in [1.54, 1.807) is 6.20 Å². The standard InChI is InChI=1S/C50H28N4O2S/c1-2-15-38(31(12-1)30-11-10-26-51-28-30)49-52-48(29-22-23-33-32-13-3-6-19-41(32)55-43(33)27-29)53-50(54-49)40-25-24-35(46-45(40)39-16-4-7-20-42(39)56-46)37-18-9-17-36-34-14-5-8-21-44(34)57-47(36)37/h1-28H. The van der Waals surface area contributed by atoms with E-state index in [9.17, 15) is 0 Å². The number of rotatable bonds is 5. The van der Waals surface area contributed by atoms with Gasteiger partial charge in [0.15, 0.2) is 17.5 Å². The number of fused-ring (bicyclic) bond motifs is 9. The quantitative estimate of drug-likeness (QED) is 0.174. The molecule has 5 aromatic heterocycles. The van der Waals surface area contributed by atoms with Crippen LogP contribution in [0.4, 0.5) is 0 Å². The average molecular weight is 749 g/mol. The highest BCUT2D eigenvalue weighted by atomic mass is 32.1. The number of aromatic nitrogens is 4. The number of pyridine rings is 1. The van der Waals surface area contributed by atoms with Crippen molar-refractivity contribution in [2.45, 2.75) is 0 Å². The van der Waals surface area contributed by atoms with Crippen molar-refractivity contribution >= 4 is 75.4 Å². The van der Waals surface area contributed by atoms with Gasteiger partial charge in [0.25, 0.3) is 0 Å². The van der Waals surface area contributed by atoms with Crippen molar-refractivity contribution in [3.8, 4) is 56.4 Å². The molecule has 0 unspecified atom stereocenters. The molecule has 0 aliphatic heterocycles. The molecule has 0 bridgehead atoms. The Kier molecular flexibility index (Phi) is 7.00. The Morgan fingerprint density at radius 1 is 0.404 bits per heavy atom. The summed E-state index contributed by atoms with van der Waals surface area (Å²) in [5.41, 5.74) is 9.88. The van der Waals surface area contributed by atoms with E-state index in [1.807, 2.05) is 72.1 Å². The minimum atomic E-state index is 0.540. The summed E-state index contributed by atoms with van der Waals surface area (Å²) in [7, 11) is 0. The van der Waals surface area contributed by atoms with Gasteiger partial charge in [-0.15, -0.1) is 11.3 Å². The number of furan rings is 2. The SMILES string of the molecule is c1cncc(-c2ccccc2-c2nc(-c3ccc4c(c3)oc3ccccc34)nc(-c3ccc(-c4cccc5c4sc4ccccc45)c4oc5ccccc5c34)n2)c1. The van der Waals surface area contributed by atoms with Gasteiger partial charge in [-0.2, -0.15) is 0 Å². The third-order valence-electron chi connectivity index (χ3n) is 10.9. The summed E-state index contributed by atoms with van der Waals surface area (Å²) in [6.07, 6.45) is 3.65. The zero-order chi connectivity index (χ0) is 37.5. The van der Waals surface area contributed by atoms with Crippen LogP contribution in [0.1, 0.15) is 0 Å². The van der Waals surface area contributed by atoms with Crippen LogP contribution in [0.2, 0.25) is 0 Å². The smallest absolute Gasteiger partial charge is 0.164 e. The summed E-state index contributed by atoms with van der Waals surface area (Å²) in [5.74, 6) is 1.64. The molecule has 12 aromatic rings. The van der Waals surface area contributed by atoms with Gasteiger partial charge in [-0.1, -0.05) is 109 Å². The molecule has 6 nitrogen and oxygen atoms in total. The van der Waals surface area contributed by atoms with E-state index < -0.39 is 0 Å². The van der Waals surface area contributed by atoms with Crippen molar-refractivity contribution in [1.82, 2.24) is 19.9 Å². The first kappa shape index (κ1) is 31.8. The van der Waals surface area contributed by atoms with Crippen LogP contribution in [-0.4, -0.2) is 19.9 Å². The second-order valence-corrected chi connectivity index (χ2v) is 15.2. The van der Waals surface area contributed by atoms with Crippen molar-refractivity contribution in [1.29, 1.82) is 0 Å². The van der Waals surface area contributed by atoms with Gasteiger partial charge in [0, 0.05) is 87.5 Å². The second-order valence-electron chi connectivity index (χ2n) is 14.1. The predicted octanol–water partition coefficient (Wildman–Crippen LogP) is 13.8. The van der Waals surface area contributed by atoms with E-state index in [-0.39, 0.29) is 0 Å². The summed E-state index contributed by atoms with van der Waals surface area (Å²) in [6, 6.07) is 54.1. The highest BCUT2D eigenvalue weighted by Gasteiger charge is 2.23. The average Bonchev–Trinajstić information content (AvgIpc) is 3.98. The molecule has 7 aromatic carbocycles. The first-order chi connectivity index (χ1) is 28.2. The van der Waals surface area contributed by atoms with Gasteiger partial charge >= 0.3 is 0 Å². The molecule has 7 heteroatoms. The fourth-order valence-electron chi connectivity index (χ4n) is 8.25. The molecule has 5 heterocycles. The summed E-state index contributed by atoms with van der Waals surface area (Å²) in [6.45, 7) is 0. The Morgan fingerprint density at radius 3 is 1.93 bits per heavy atom. The lowest BCUT2D eigenvalue weighted by atomic mass is 9.96. The molecule has 0 saturated heterocycles. The highest BCUT2D eigenvalue weighted by molar-refractivity contribution is 7.26. The van der Waals surface area contributed by atoms with Gasteiger partial charge in [-0.25, -0.2) is 15.0 Å². The predicted molar refractivity (Wildman–Crippen MR) is 232 cm³/mol. The fraction of sp³-hybridized carbons (Fsp3) is 0. The molecule has 0 amide bonds. The molecule has 0 atom stereocenters. The van der Waals surface area contributed by atoms with E-state index in [2.05, 4.69) is 108 Å². The van der Waals surface area contributed by atoms with Crippen molar-refractivity contribution in [3.63, 3.8) is 0 Å². The molecule has 0 saturated carbocycles. The van der Waals surface area contributed by atoms with Crippen molar-refractivity contribution in [2.75, 3.05) is 0 Å². The molecule has 0 aliphatic carbocycles. The minimum absolute atomic E-state index is 0.540. The largest absolute Gasteiger partial charge is 0.456 e. The van der Waals surface area contributed by atoms with Crippen molar-refractivity contribution in [2.24, 2.45) is 0 Å². The van der Waals surface area contributed by atoms with E-state index in [1.165, 1.54) is 20.2 Å². The number of thiophene rings is 1. The molecule has 266 valence electrons. The Morgan fingerprint density at radius 2 is 1.07 bits per heavy atom. The van der Waals surface area contributed by atoms with Crippen LogP contribution in [0.25, 0.3) is 120 Å². The van der Waals surface area contributed by atoms with Crippen LogP contribution in [0.15, 0.2) is 179 Å². The van der Waals surface area contributed by atoms with Crippen LogP contribution in [0.3, 0.4) is 0 Å². The molecule has 12 rings (SSSR count). The first-order valence-electron chi connectivity index (χ1n) is 18.8. The first-order valence-corrected chi connectivity index (χ1v) is 19.6. The molecular formula is C50H28N4O2S. The lowest BCUT2D eigenvalue weighted by molar-refractivity contribution is 0.669. The zero-order valence-electron chi connectivity index (χ0n) is 30.2. The number of nitrogens with zero attached hydrogens (tertiary/aromatic N) is 4. The zero-order valence-corrected chi connectivity index (χ0v) is 31.0. The van der Waals surface area contributed by atoms with Crippen LogP contribution in [0.5, 0.6) is 0 Å². The Balaban J connectivity index is 1.13. The van der Waals surface area contributed by atoms with Crippen LogP contribution >= 0.6 is 11.3 Å². The maximum absolute atomic E-state index is 6.82. The normalized spacial score (nSPS) is 11.9. The number of para-hydroxylation sites is 2. The Hall–Kier alpha value is -7.48. The lowest BCUT2D eigenvalue weighted by Gasteiger charge is -2.13. The molecule has 0 spiro atoms.